The Morgan fingerprint density at radius 2 is 1.90 bits per heavy atom. The van der Waals surface area contributed by atoms with Crippen LogP contribution in [0.3, 0.4) is 0 Å². The molecule has 0 aromatic heterocycles. The van der Waals surface area contributed by atoms with Crippen LogP contribution in [0.5, 0.6) is 0 Å². The molecular weight excluding hydrogens is 266 g/mol. The smallest absolute Gasteiger partial charge is 0.326 e. The van der Waals surface area contributed by atoms with Crippen LogP contribution >= 0.6 is 0 Å². The minimum Gasteiger partial charge on any atom is -0.468 e. The van der Waals surface area contributed by atoms with Crippen LogP contribution in [0.25, 0.3) is 0 Å². The van der Waals surface area contributed by atoms with Crippen molar-refractivity contribution >= 4 is 5.97 Å². The maximum Gasteiger partial charge on any atom is 0.326 e. The van der Waals surface area contributed by atoms with Gasteiger partial charge in [0, 0.05) is 39.3 Å². The highest BCUT2D eigenvalue weighted by atomic mass is 16.5. The van der Waals surface area contributed by atoms with Crippen LogP contribution in [0.2, 0.25) is 0 Å². The van der Waals surface area contributed by atoms with Crippen LogP contribution in [-0.2, 0) is 9.53 Å². The zero-order valence-corrected chi connectivity index (χ0v) is 13.9. The van der Waals surface area contributed by atoms with Crippen molar-refractivity contribution in [2.75, 3.05) is 52.9 Å². The van der Waals surface area contributed by atoms with Crippen molar-refractivity contribution in [3.8, 4) is 0 Å². The van der Waals surface area contributed by atoms with Crippen molar-refractivity contribution < 1.29 is 9.53 Å². The Balaban J connectivity index is 2.06. The summed E-state index contributed by atoms with van der Waals surface area (Å²) in [5, 5.41) is 3.42. The molecule has 122 valence electrons. The molecular formula is C16H31N3O2. The molecule has 0 amide bonds. The summed E-state index contributed by atoms with van der Waals surface area (Å²) in [7, 11) is 1.53. The van der Waals surface area contributed by atoms with Gasteiger partial charge in [0.2, 0.25) is 0 Å². The lowest BCUT2D eigenvalue weighted by molar-refractivity contribution is -0.159. The fraction of sp³-hybridized carbons (Fsp3) is 0.938. The number of carbonyl (C=O) groups is 1. The summed E-state index contributed by atoms with van der Waals surface area (Å²) in [6.07, 6.45) is 2.90. The molecule has 2 heterocycles. The third kappa shape index (κ3) is 3.96. The van der Waals surface area contributed by atoms with Gasteiger partial charge in [-0.3, -0.25) is 9.69 Å². The predicted octanol–water partition coefficient (Wildman–Crippen LogP) is 0.945. The summed E-state index contributed by atoms with van der Waals surface area (Å²) >= 11 is 0. The molecule has 2 fully saturated rings. The van der Waals surface area contributed by atoms with Gasteiger partial charge < -0.3 is 15.0 Å². The highest BCUT2D eigenvalue weighted by Gasteiger charge is 2.47. The van der Waals surface area contributed by atoms with Crippen molar-refractivity contribution in [1.29, 1.82) is 0 Å². The fourth-order valence-corrected chi connectivity index (χ4v) is 3.74. The topological polar surface area (TPSA) is 44.8 Å². The molecule has 5 nitrogen and oxygen atoms in total. The van der Waals surface area contributed by atoms with Gasteiger partial charge in [-0.15, -0.1) is 0 Å². The van der Waals surface area contributed by atoms with Crippen LogP contribution in [0.15, 0.2) is 0 Å². The van der Waals surface area contributed by atoms with Crippen LogP contribution in [0, 0.1) is 5.92 Å². The quantitative estimate of drug-likeness (QED) is 0.783. The zero-order chi connectivity index (χ0) is 15.3. The number of hydrogen-bond acceptors (Lipinski definition) is 5. The molecule has 0 saturated carbocycles. The molecule has 0 aliphatic carbocycles. The number of ether oxygens (including phenoxy) is 1. The monoisotopic (exact) mass is 297 g/mol. The van der Waals surface area contributed by atoms with E-state index in [0.717, 1.165) is 65.1 Å². The largest absolute Gasteiger partial charge is 0.468 e. The van der Waals surface area contributed by atoms with E-state index in [1.54, 1.807) is 0 Å². The first-order chi connectivity index (χ1) is 10.1. The van der Waals surface area contributed by atoms with Crippen LogP contribution in [0.4, 0.5) is 0 Å². The molecule has 2 aliphatic rings. The molecule has 0 aromatic carbocycles. The fourth-order valence-electron chi connectivity index (χ4n) is 3.74. The van der Waals surface area contributed by atoms with E-state index in [9.17, 15) is 4.79 Å². The van der Waals surface area contributed by atoms with E-state index in [1.807, 2.05) is 0 Å². The van der Waals surface area contributed by atoms with Crippen molar-refractivity contribution in [3.05, 3.63) is 0 Å². The van der Waals surface area contributed by atoms with Gasteiger partial charge in [0.05, 0.1) is 7.11 Å². The van der Waals surface area contributed by atoms with Crippen molar-refractivity contribution in [2.24, 2.45) is 5.92 Å². The first kappa shape index (κ1) is 16.7. The molecule has 5 heteroatoms. The lowest BCUT2D eigenvalue weighted by Gasteiger charge is -2.46. The molecule has 1 N–H and O–H groups in total. The summed E-state index contributed by atoms with van der Waals surface area (Å²) in [4.78, 5) is 17.4. The second-order valence-corrected chi connectivity index (χ2v) is 6.81. The average Bonchev–Trinajstić information content (AvgIpc) is 2.76. The number of methoxy groups -OCH3 is 1. The lowest BCUT2D eigenvalue weighted by atomic mass is 9.85. The number of nitrogens with one attached hydrogen (secondary N) is 1. The van der Waals surface area contributed by atoms with E-state index < -0.39 is 5.54 Å². The lowest BCUT2D eigenvalue weighted by Crippen LogP contribution is -2.61. The number of carbonyl (C=O) groups excluding carboxylic acids is 1. The summed E-state index contributed by atoms with van der Waals surface area (Å²) in [6, 6.07) is 0. The first-order valence-corrected chi connectivity index (χ1v) is 8.35. The van der Waals surface area contributed by atoms with Gasteiger partial charge in [-0.2, -0.15) is 0 Å². The number of rotatable bonds is 4. The van der Waals surface area contributed by atoms with Crippen LogP contribution in [-0.4, -0.2) is 74.2 Å². The highest BCUT2D eigenvalue weighted by Crippen LogP contribution is 2.31. The number of esters is 1. The van der Waals surface area contributed by atoms with Crippen LogP contribution in [0.1, 0.15) is 33.1 Å². The number of hydrogen-bond donors (Lipinski definition) is 1. The second kappa shape index (κ2) is 7.56. The minimum absolute atomic E-state index is 0.0337. The Hall–Kier alpha value is -0.650. The minimum atomic E-state index is -0.395. The molecule has 0 radical (unpaired) electrons. The van der Waals surface area contributed by atoms with E-state index in [-0.39, 0.29) is 5.97 Å². The molecule has 0 aromatic rings. The Labute approximate surface area is 129 Å². The molecule has 21 heavy (non-hydrogen) atoms. The molecule has 2 saturated heterocycles. The van der Waals surface area contributed by atoms with Crippen molar-refractivity contribution in [3.63, 3.8) is 0 Å². The summed E-state index contributed by atoms with van der Waals surface area (Å²) in [5.41, 5.74) is -0.395. The Morgan fingerprint density at radius 3 is 2.52 bits per heavy atom. The van der Waals surface area contributed by atoms with Crippen molar-refractivity contribution in [1.82, 2.24) is 15.1 Å². The first-order valence-electron chi connectivity index (χ1n) is 8.35. The normalized spacial score (nSPS) is 24.8. The van der Waals surface area contributed by atoms with E-state index in [1.165, 1.54) is 7.11 Å². The third-order valence-corrected chi connectivity index (χ3v) is 4.82. The SMILES string of the molecule is COC(=O)C1(N2CCCNCC2)CCN(CC(C)C)CC1. The number of piperidine rings is 1. The van der Waals surface area contributed by atoms with E-state index >= 15 is 0 Å². The maximum absolute atomic E-state index is 12.5. The maximum atomic E-state index is 12.5. The second-order valence-electron chi connectivity index (χ2n) is 6.81. The summed E-state index contributed by atoms with van der Waals surface area (Å²) < 4.78 is 5.18. The van der Waals surface area contributed by atoms with E-state index in [0.29, 0.717) is 5.92 Å². The molecule has 0 spiro atoms. The Morgan fingerprint density at radius 1 is 1.19 bits per heavy atom. The number of nitrogens with zero attached hydrogens (tertiary/aromatic N) is 2. The third-order valence-electron chi connectivity index (χ3n) is 4.82. The Kier molecular flexibility index (Phi) is 6.02. The van der Waals surface area contributed by atoms with Gasteiger partial charge in [-0.1, -0.05) is 13.8 Å². The van der Waals surface area contributed by atoms with Crippen molar-refractivity contribution in [2.45, 2.75) is 38.6 Å². The van der Waals surface area contributed by atoms with Gasteiger partial charge in [0.25, 0.3) is 0 Å². The van der Waals surface area contributed by atoms with Gasteiger partial charge in [-0.05, 0) is 31.7 Å². The molecule has 2 aliphatic heterocycles. The van der Waals surface area contributed by atoms with E-state index in [2.05, 4.69) is 29.0 Å². The zero-order valence-electron chi connectivity index (χ0n) is 13.9. The van der Waals surface area contributed by atoms with E-state index in [4.69, 9.17) is 4.74 Å². The summed E-state index contributed by atoms with van der Waals surface area (Å²) in [6.45, 7) is 11.6. The molecule has 0 unspecified atom stereocenters. The average molecular weight is 297 g/mol. The molecule has 2 rings (SSSR count). The van der Waals surface area contributed by atoms with Gasteiger partial charge in [0.1, 0.15) is 5.54 Å². The molecule has 0 atom stereocenters. The standard InChI is InChI=1S/C16H31N3O2/c1-14(2)13-18-10-5-16(6-11-18,15(20)21-3)19-9-4-7-17-8-12-19/h14,17H,4-13H2,1-3H3. The van der Waals surface area contributed by atoms with Gasteiger partial charge in [0.15, 0.2) is 0 Å². The molecule has 0 bridgehead atoms. The highest BCUT2D eigenvalue weighted by molar-refractivity contribution is 5.81. The predicted molar refractivity (Wildman–Crippen MR) is 84.3 cm³/mol. The number of likely N-dealkylation sites (tertiary alicyclic amines) is 1. The van der Waals surface area contributed by atoms with Crippen LogP contribution < -0.4 is 5.32 Å². The summed E-state index contributed by atoms with van der Waals surface area (Å²) in [5.74, 6) is 0.645. The van der Waals surface area contributed by atoms with Gasteiger partial charge >= 0.3 is 5.97 Å². The Bertz CT molecular complexity index is 330. The van der Waals surface area contributed by atoms with Gasteiger partial charge in [-0.25, -0.2) is 0 Å².